The SMILES string of the molecule is C[C@@H](OC(=O)Nc1c(-c2ccc(NC(=O)c3cnc(C(F)F)nc3)cn2)nnn1C)c1cc(F)cnc1Cl. The Hall–Kier alpha value is -4.66. The minimum atomic E-state index is -2.85. The second-order valence-corrected chi connectivity index (χ2v) is 7.99. The molecule has 16 heteroatoms. The van der Waals surface area contributed by atoms with E-state index in [0.717, 1.165) is 24.7 Å². The summed E-state index contributed by atoms with van der Waals surface area (Å²) in [6.07, 6.45) is -0.430. The first-order valence-corrected chi connectivity index (χ1v) is 11.1. The zero-order chi connectivity index (χ0) is 27.4. The molecule has 0 spiro atoms. The number of nitrogens with zero attached hydrogens (tertiary/aromatic N) is 7. The minimum absolute atomic E-state index is 0.0105. The molecule has 0 fully saturated rings. The summed E-state index contributed by atoms with van der Waals surface area (Å²) in [6, 6.07) is 4.12. The van der Waals surface area contributed by atoms with Crippen molar-refractivity contribution in [2.75, 3.05) is 10.6 Å². The maximum absolute atomic E-state index is 13.5. The normalized spacial score (nSPS) is 11.8. The highest BCUT2D eigenvalue weighted by Gasteiger charge is 2.21. The summed E-state index contributed by atoms with van der Waals surface area (Å²) in [5.74, 6) is -1.81. The lowest BCUT2D eigenvalue weighted by Gasteiger charge is -2.15. The lowest BCUT2D eigenvalue weighted by molar-refractivity contribution is 0.102. The van der Waals surface area contributed by atoms with Crippen molar-refractivity contribution in [3.05, 3.63) is 70.9 Å². The number of anilines is 2. The Kier molecular flexibility index (Phi) is 7.76. The first kappa shape index (κ1) is 26.4. The van der Waals surface area contributed by atoms with Crippen molar-refractivity contribution in [3.8, 4) is 11.4 Å². The summed E-state index contributed by atoms with van der Waals surface area (Å²) in [5.41, 5.74) is 0.921. The third-order valence-corrected chi connectivity index (χ3v) is 5.31. The maximum Gasteiger partial charge on any atom is 0.413 e. The van der Waals surface area contributed by atoms with E-state index >= 15 is 0 Å². The van der Waals surface area contributed by atoms with Crippen LogP contribution in [-0.2, 0) is 11.8 Å². The average molecular weight is 548 g/mol. The number of carbonyl (C=O) groups excluding carboxylic acids is 2. The van der Waals surface area contributed by atoms with Crippen LogP contribution in [0.3, 0.4) is 0 Å². The van der Waals surface area contributed by atoms with Gasteiger partial charge in [0.1, 0.15) is 17.1 Å². The number of carbonyl (C=O) groups is 2. The number of alkyl halides is 2. The largest absolute Gasteiger partial charge is 0.441 e. The third-order valence-electron chi connectivity index (χ3n) is 5.00. The van der Waals surface area contributed by atoms with E-state index in [0.29, 0.717) is 5.69 Å². The van der Waals surface area contributed by atoms with Crippen molar-refractivity contribution in [1.29, 1.82) is 0 Å². The van der Waals surface area contributed by atoms with Crippen LogP contribution in [-0.4, -0.2) is 46.9 Å². The molecule has 1 atom stereocenters. The van der Waals surface area contributed by atoms with E-state index in [-0.39, 0.29) is 33.5 Å². The molecule has 0 aliphatic rings. The molecule has 2 amide bonds. The molecule has 4 aromatic rings. The van der Waals surface area contributed by atoms with Crippen LogP contribution in [0, 0.1) is 5.82 Å². The van der Waals surface area contributed by atoms with Crippen LogP contribution in [0.25, 0.3) is 11.4 Å². The van der Waals surface area contributed by atoms with Crippen molar-refractivity contribution >= 4 is 35.1 Å². The fourth-order valence-electron chi connectivity index (χ4n) is 3.12. The molecule has 0 aromatic carbocycles. The Bertz CT molecular complexity index is 1470. The van der Waals surface area contributed by atoms with Crippen molar-refractivity contribution in [2.24, 2.45) is 7.05 Å². The number of nitrogens with one attached hydrogen (secondary N) is 2. The van der Waals surface area contributed by atoms with E-state index in [2.05, 4.69) is 40.9 Å². The topological polar surface area (TPSA) is 150 Å². The van der Waals surface area contributed by atoms with Gasteiger partial charge in [-0.15, -0.1) is 5.10 Å². The van der Waals surface area contributed by atoms with Crippen LogP contribution in [0.5, 0.6) is 0 Å². The van der Waals surface area contributed by atoms with Gasteiger partial charge in [0, 0.05) is 25.0 Å². The zero-order valence-electron chi connectivity index (χ0n) is 19.6. The first-order chi connectivity index (χ1) is 18.1. The number of ether oxygens (including phenoxy) is 1. The number of amides is 2. The Balaban J connectivity index is 1.43. The summed E-state index contributed by atoms with van der Waals surface area (Å²) >= 11 is 5.96. The van der Waals surface area contributed by atoms with E-state index in [4.69, 9.17) is 16.3 Å². The molecule has 4 heterocycles. The fourth-order valence-corrected chi connectivity index (χ4v) is 3.38. The molecular weight excluding hydrogens is 531 g/mol. The van der Waals surface area contributed by atoms with E-state index in [1.165, 1.54) is 37.0 Å². The van der Waals surface area contributed by atoms with Crippen molar-refractivity contribution in [1.82, 2.24) is 34.9 Å². The predicted molar refractivity (Wildman–Crippen MR) is 127 cm³/mol. The highest BCUT2D eigenvalue weighted by atomic mass is 35.5. The summed E-state index contributed by atoms with van der Waals surface area (Å²) in [4.78, 5) is 39.7. The van der Waals surface area contributed by atoms with E-state index in [1.807, 2.05) is 0 Å². The molecule has 0 unspecified atom stereocenters. The Morgan fingerprint density at radius 2 is 1.79 bits per heavy atom. The highest BCUT2D eigenvalue weighted by Crippen LogP contribution is 2.27. The Morgan fingerprint density at radius 1 is 1.05 bits per heavy atom. The summed E-state index contributed by atoms with van der Waals surface area (Å²) < 4.78 is 45.2. The highest BCUT2D eigenvalue weighted by molar-refractivity contribution is 6.30. The molecule has 4 rings (SSSR count). The van der Waals surface area contributed by atoms with Crippen LogP contribution in [0.1, 0.15) is 41.2 Å². The Labute approximate surface area is 217 Å². The van der Waals surface area contributed by atoms with Crippen molar-refractivity contribution in [2.45, 2.75) is 19.5 Å². The summed E-state index contributed by atoms with van der Waals surface area (Å²) in [6.45, 7) is 1.50. The monoisotopic (exact) mass is 547 g/mol. The molecule has 0 aliphatic carbocycles. The van der Waals surface area contributed by atoms with Gasteiger partial charge in [0.05, 0.1) is 29.3 Å². The number of aryl methyl sites for hydroxylation is 1. The molecule has 0 radical (unpaired) electrons. The molecule has 0 saturated heterocycles. The third kappa shape index (κ3) is 6.00. The standard InChI is InChI=1S/C22H17ClF3N9O3/c1-10(14-5-12(24)8-28-17(14)23)38-22(37)32-20-16(33-34-35(20)2)15-4-3-13(9-27-15)31-21(36)11-6-29-19(18(25)26)30-7-11/h3-10,18H,1-2H3,(H,31,36)(H,32,37)/t10-/m1/s1. The van der Waals surface area contributed by atoms with Gasteiger partial charge in [0.15, 0.2) is 17.3 Å². The first-order valence-electron chi connectivity index (χ1n) is 10.7. The smallest absolute Gasteiger partial charge is 0.413 e. The van der Waals surface area contributed by atoms with Gasteiger partial charge in [-0.1, -0.05) is 16.8 Å². The van der Waals surface area contributed by atoms with Crippen LogP contribution in [0.2, 0.25) is 5.15 Å². The molecule has 0 saturated carbocycles. The number of rotatable bonds is 7. The van der Waals surface area contributed by atoms with Crippen LogP contribution < -0.4 is 10.6 Å². The number of pyridine rings is 2. The van der Waals surface area contributed by atoms with Crippen molar-refractivity contribution < 1.29 is 27.5 Å². The molecule has 4 aromatic heterocycles. The summed E-state index contributed by atoms with van der Waals surface area (Å²) in [7, 11) is 1.53. The number of aromatic nitrogens is 7. The van der Waals surface area contributed by atoms with Crippen LogP contribution >= 0.6 is 11.6 Å². The maximum atomic E-state index is 13.5. The van der Waals surface area contributed by atoms with Gasteiger partial charge in [-0.25, -0.2) is 37.6 Å². The zero-order valence-corrected chi connectivity index (χ0v) is 20.3. The van der Waals surface area contributed by atoms with Gasteiger partial charge >= 0.3 is 6.09 Å². The predicted octanol–water partition coefficient (Wildman–Crippen LogP) is 4.35. The molecular formula is C22H17ClF3N9O3. The lowest BCUT2D eigenvalue weighted by Crippen LogP contribution is -2.19. The van der Waals surface area contributed by atoms with Gasteiger partial charge in [-0.05, 0) is 25.1 Å². The quantitative estimate of drug-likeness (QED) is 0.322. The van der Waals surface area contributed by atoms with Gasteiger partial charge in [0.25, 0.3) is 12.3 Å². The Morgan fingerprint density at radius 3 is 2.45 bits per heavy atom. The number of halogens is 4. The second-order valence-electron chi connectivity index (χ2n) is 7.63. The second kappa shape index (κ2) is 11.2. The van der Waals surface area contributed by atoms with E-state index in [1.54, 1.807) is 0 Å². The molecule has 2 N–H and O–H groups in total. The molecule has 196 valence electrons. The number of hydrogen-bond acceptors (Lipinski definition) is 9. The minimum Gasteiger partial charge on any atom is -0.441 e. The fraction of sp³-hybridized carbons (Fsp3) is 0.182. The van der Waals surface area contributed by atoms with Crippen LogP contribution in [0.4, 0.5) is 29.5 Å². The van der Waals surface area contributed by atoms with Crippen molar-refractivity contribution in [3.63, 3.8) is 0 Å². The molecule has 38 heavy (non-hydrogen) atoms. The average Bonchev–Trinajstić information content (AvgIpc) is 3.25. The van der Waals surface area contributed by atoms with Gasteiger partial charge in [-0.2, -0.15) is 0 Å². The van der Waals surface area contributed by atoms with Gasteiger partial charge in [0.2, 0.25) is 0 Å². The molecule has 0 bridgehead atoms. The molecule has 0 aliphatic heterocycles. The van der Waals surface area contributed by atoms with E-state index < -0.39 is 36.2 Å². The summed E-state index contributed by atoms with van der Waals surface area (Å²) in [5, 5.41) is 12.9. The molecule has 12 nitrogen and oxygen atoms in total. The number of hydrogen-bond donors (Lipinski definition) is 2. The van der Waals surface area contributed by atoms with Gasteiger partial charge in [-0.3, -0.25) is 15.1 Å². The van der Waals surface area contributed by atoms with Crippen LogP contribution in [0.15, 0.2) is 43.0 Å². The lowest BCUT2D eigenvalue weighted by atomic mass is 10.2. The van der Waals surface area contributed by atoms with E-state index in [9.17, 15) is 22.8 Å². The van der Waals surface area contributed by atoms with Gasteiger partial charge < -0.3 is 10.1 Å².